The van der Waals surface area contributed by atoms with Crippen molar-refractivity contribution < 1.29 is 22.7 Å². The van der Waals surface area contributed by atoms with E-state index in [2.05, 4.69) is 15.4 Å². The van der Waals surface area contributed by atoms with Crippen molar-refractivity contribution in [1.82, 2.24) is 10.6 Å². The summed E-state index contributed by atoms with van der Waals surface area (Å²) < 4.78 is 41.7. The average molecular weight is 328 g/mol. The minimum atomic E-state index is -4.81. The molecule has 0 bridgehead atoms. The van der Waals surface area contributed by atoms with Gasteiger partial charge in [-0.05, 0) is 62.4 Å². The highest BCUT2D eigenvalue weighted by Gasteiger charge is 2.34. The van der Waals surface area contributed by atoms with E-state index in [-0.39, 0.29) is 17.5 Å². The molecular weight excluding hydrogens is 309 g/mol. The molecule has 1 amide bonds. The lowest BCUT2D eigenvalue weighted by Gasteiger charge is -2.24. The summed E-state index contributed by atoms with van der Waals surface area (Å²) in [5.41, 5.74) is 0.854. The molecule has 1 aliphatic heterocycles. The number of amides is 1. The molecule has 126 valence electrons. The van der Waals surface area contributed by atoms with Crippen LogP contribution >= 0.6 is 0 Å². The fourth-order valence-corrected chi connectivity index (χ4v) is 2.84. The van der Waals surface area contributed by atoms with E-state index in [0.29, 0.717) is 0 Å². The van der Waals surface area contributed by atoms with Crippen molar-refractivity contribution in [2.75, 3.05) is 13.1 Å². The van der Waals surface area contributed by atoms with Gasteiger partial charge < -0.3 is 15.4 Å². The zero-order chi connectivity index (χ0) is 16.4. The molecule has 0 spiro atoms. The lowest BCUT2D eigenvalue weighted by molar-refractivity contribution is -0.274. The molecule has 23 heavy (non-hydrogen) atoms. The van der Waals surface area contributed by atoms with Crippen molar-refractivity contribution in [3.8, 4) is 5.75 Å². The van der Waals surface area contributed by atoms with Gasteiger partial charge in [0.05, 0.1) is 5.56 Å². The van der Waals surface area contributed by atoms with Crippen LogP contribution < -0.4 is 15.4 Å². The summed E-state index contributed by atoms with van der Waals surface area (Å²) in [7, 11) is 0. The number of ether oxygens (including phenoxy) is 1. The third kappa shape index (κ3) is 4.37. The monoisotopic (exact) mass is 328 g/mol. The highest BCUT2D eigenvalue weighted by atomic mass is 19.4. The minimum absolute atomic E-state index is 0.0368. The smallest absolute Gasteiger partial charge is 0.405 e. The number of benzene rings is 1. The maximum atomic E-state index is 12.6. The highest BCUT2D eigenvalue weighted by molar-refractivity contribution is 5.97. The SMILES string of the molecule is O=C(NC1CC1)c1cc(C2CCNCC2)ccc1OC(F)(F)F. The molecule has 2 N–H and O–H groups in total. The van der Waals surface area contributed by atoms with Crippen LogP contribution in [0.2, 0.25) is 0 Å². The second kappa shape index (κ2) is 6.39. The largest absolute Gasteiger partial charge is 0.573 e. The van der Waals surface area contributed by atoms with Gasteiger partial charge in [-0.3, -0.25) is 4.79 Å². The van der Waals surface area contributed by atoms with Gasteiger partial charge in [-0.2, -0.15) is 0 Å². The molecule has 0 radical (unpaired) electrons. The number of rotatable bonds is 4. The molecule has 1 heterocycles. The van der Waals surface area contributed by atoms with E-state index in [1.165, 1.54) is 6.07 Å². The van der Waals surface area contributed by atoms with E-state index >= 15 is 0 Å². The predicted octanol–water partition coefficient (Wildman–Crippen LogP) is 2.94. The third-order valence-corrected chi connectivity index (χ3v) is 4.20. The summed E-state index contributed by atoms with van der Waals surface area (Å²) in [5.74, 6) is -0.681. The van der Waals surface area contributed by atoms with Crippen LogP contribution in [0, 0.1) is 0 Å². The number of carbonyl (C=O) groups excluding carboxylic acids is 1. The first-order chi connectivity index (χ1) is 10.9. The van der Waals surface area contributed by atoms with Gasteiger partial charge in [-0.25, -0.2) is 0 Å². The fraction of sp³-hybridized carbons (Fsp3) is 0.562. The predicted molar refractivity (Wildman–Crippen MR) is 78.5 cm³/mol. The Hall–Kier alpha value is -1.76. The second-order valence-corrected chi connectivity index (χ2v) is 6.08. The van der Waals surface area contributed by atoms with E-state index in [9.17, 15) is 18.0 Å². The fourth-order valence-electron chi connectivity index (χ4n) is 2.84. The number of halogens is 3. The number of hydrogen-bond acceptors (Lipinski definition) is 3. The summed E-state index contributed by atoms with van der Waals surface area (Å²) in [4.78, 5) is 12.3. The van der Waals surface area contributed by atoms with E-state index < -0.39 is 18.0 Å². The number of nitrogens with one attached hydrogen (secondary N) is 2. The minimum Gasteiger partial charge on any atom is -0.405 e. The lowest BCUT2D eigenvalue weighted by Crippen LogP contribution is -2.29. The molecule has 7 heteroatoms. The summed E-state index contributed by atoms with van der Waals surface area (Å²) in [5, 5.41) is 5.97. The first-order valence-electron chi connectivity index (χ1n) is 7.83. The second-order valence-electron chi connectivity index (χ2n) is 6.08. The summed E-state index contributed by atoms with van der Waals surface area (Å²) in [6.07, 6.45) is -1.26. The summed E-state index contributed by atoms with van der Waals surface area (Å²) >= 11 is 0. The molecule has 1 aliphatic carbocycles. The first-order valence-corrected chi connectivity index (χ1v) is 7.83. The van der Waals surface area contributed by atoms with Crippen LogP contribution in [0.3, 0.4) is 0 Å². The van der Waals surface area contributed by atoms with E-state index in [1.807, 2.05) is 0 Å². The van der Waals surface area contributed by atoms with Gasteiger partial charge in [0.1, 0.15) is 5.75 Å². The molecule has 4 nitrogen and oxygen atoms in total. The van der Waals surface area contributed by atoms with Crippen LogP contribution in [0.4, 0.5) is 13.2 Å². The Kier molecular flexibility index (Phi) is 4.48. The first kappa shape index (κ1) is 16.1. The maximum absolute atomic E-state index is 12.6. The number of alkyl halides is 3. The van der Waals surface area contributed by atoms with Gasteiger partial charge in [0.15, 0.2) is 0 Å². The molecule has 0 atom stereocenters. The Morgan fingerprint density at radius 3 is 2.48 bits per heavy atom. The topological polar surface area (TPSA) is 50.4 Å². The molecule has 0 aromatic heterocycles. The number of carbonyl (C=O) groups is 1. The Morgan fingerprint density at radius 1 is 1.17 bits per heavy atom. The van der Waals surface area contributed by atoms with Gasteiger partial charge in [0, 0.05) is 6.04 Å². The Balaban J connectivity index is 1.87. The van der Waals surface area contributed by atoms with Crippen LogP contribution in [0.15, 0.2) is 18.2 Å². The van der Waals surface area contributed by atoms with E-state index in [0.717, 1.165) is 44.3 Å². The van der Waals surface area contributed by atoms with Crippen LogP contribution in [-0.4, -0.2) is 31.4 Å². The molecule has 1 saturated carbocycles. The van der Waals surface area contributed by atoms with Crippen molar-refractivity contribution in [1.29, 1.82) is 0 Å². The van der Waals surface area contributed by atoms with Crippen molar-refractivity contribution in [2.24, 2.45) is 0 Å². The molecule has 1 aromatic rings. The summed E-state index contributed by atoms with van der Waals surface area (Å²) in [6, 6.07) is 4.51. The van der Waals surface area contributed by atoms with Crippen LogP contribution in [0.1, 0.15) is 47.5 Å². The Bertz CT molecular complexity index is 579. The van der Waals surface area contributed by atoms with Gasteiger partial charge in [-0.15, -0.1) is 13.2 Å². The highest BCUT2D eigenvalue weighted by Crippen LogP contribution is 2.32. The molecule has 0 unspecified atom stereocenters. The van der Waals surface area contributed by atoms with E-state index in [4.69, 9.17) is 0 Å². The third-order valence-electron chi connectivity index (χ3n) is 4.20. The molecule has 2 fully saturated rings. The van der Waals surface area contributed by atoms with Gasteiger partial charge in [-0.1, -0.05) is 6.07 Å². The maximum Gasteiger partial charge on any atom is 0.573 e. The number of piperidine rings is 1. The molecule has 1 saturated heterocycles. The molecular formula is C16H19F3N2O2. The van der Waals surface area contributed by atoms with Crippen LogP contribution in [0.25, 0.3) is 0 Å². The standard InChI is InChI=1S/C16H19F3N2O2/c17-16(18,19)23-14-4-1-11(10-5-7-20-8-6-10)9-13(14)15(22)21-12-2-3-12/h1,4,9-10,12,20H,2-3,5-8H2,(H,21,22). The van der Waals surface area contributed by atoms with Crippen molar-refractivity contribution in [3.63, 3.8) is 0 Å². The van der Waals surface area contributed by atoms with Gasteiger partial charge in [0.25, 0.3) is 5.91 Å². The zero-order valence-electron chi connectivity index (χ0n) is 12.6. The zero-order valence-corrected chi connectivity index (χ0v) is 12.6. The van der Waals surface area contributed by atoms with Gasteiger partial charge >= 0.3 is 6.36 Å². The lowest BCUT2D eigenvalue weighted by atomic mass is 9.89. The Labute approximate surface area is 132 Å². The van der Waals surface area contributed by atoms with E-state index in [1.54, 1.807) is 12.1 Å². The van der Waals surface area contributed by atoms with Crippen molar-refractivity contribution >= 4 is 5.91 Å². The summed E-state index contributed by atoms with van der Waals surface area (Å²) in [6.45, 7) is 1.74. The van der Waals surface area contributed by atoms with Crippen LogP contribution in [-0.2, 0) is 0 Å². The van der Waals surface area contributed by atoms with Crippen molar-refractivity contribution in [3.05, 3.63) is 29.3 Å². The molecule has 3 rings (SSSR count). The quantitative estimate of drug-likeness (QED) is 0.893. The average Bonchev–Trinajstić information content (AvgIpc) is 3.31. The van der Waals surface area contributed by atoms with Crippen LogP contribution in [0.5, 0.6) is 5.75 Å². The number of hydrogen-bond donors (Lipinski definition) is 2. The molecule has 1 aromatic carbocycles. The normalized spacial score (nSPS) is 19.4. The van der Waals surface area contributed by atoms with Crippen molar-refractivity contribution in [2.45, 2.75) is 44.0 Å². The Morgan fingerprint density at radius 2 is 1.87 bits per heavy atom. The molecule has 2 aliphatic rings. The van der Waals surface area contributed by atoms with Gasteiger partial charge in [0.2, 0.25) is 0 Å².